The molecule has 132 heavy (non-hydrogen) atoms. The molecule has 22 rings (SSSR count). The van der Waals surface area contributed by atoms with E-state index in [1.807, 2.05) is 437 Å². The van der Waals surface area contributed by atoms with E-state index in [9.17, 15) is 0 Å². The van der Waals surface area contributed by atoms with Crippen LogP contribution in [0.5, 0.6) is 0 Å². The fourth-order valence-electron chi connectivity index (χ4n) is 15.4. The van der Waals surface area contributed by atoms with Crippen molar-refractivity contribution in [3.63, 3.8) is 0 Å². The van der Waals surface area contributed by atoms with Gasteiger partial charge in [0, 0.05) is 131 Å². The van der Waals surface area contributed by atoms with E-state index >= 15 is 0 Å². The monoisotopic (exact) mass is 1830 g/mol. The third kappa shape index (κ3) is 18.0. The van der Waals surface area contributed by atoms with E-state index in [4.69, 9.17) is 49.4 Å². The van der Waals surface area contributed by atoms with Crippen molar-refractivity contribution in [1.82, 2.24) is 0 Å². The summed E-state index contributed by atoms with van der Waals surface area (Å²) in [5.41, 5.74) is 11.7. The van der Waals surface area contributed by atoms with Crippen molar-refractivity contribution in [3.8, 4) is 94.7 Å². The summed E-state index contributed by atoms with van der Waals surface area (Å²) in [5.74, 6) is 54.5. The lowest BCUT2D eigenvalue weighted by Crippen LogP contribution is -2.96. The third-order valence-corrected chi connectivity index (χ3v) is 56.3. The second-order valence-corrected chi connectivity index (χ2v) is 54.5. The highest BCUT2D eigenvalue weighted by molar-refractivity contribution is 7.14. The van der Waals surface area contributed by atoms with Gasteiger partial charge in [-0.05, 0) is 194 Å². The summed E-state index contributed by atoms with van der Waals surface area (Å²) in [6.45, 7) is 0. The molecule has 0 amide bonds. The molecule has 6 heterocycles. The van der Waals surface area contributed by atoms with E-state index in [1.165, 1.54) is 0 Å². The van der Waals surface area contributed by atoms with Crippen LogP contribution in [0.1, 0.15) is 89.0 Å². The third-order valence-electron chi connectivity index (χ3n) is 22.1. The molecule has 20 heteroatoms. The molecule has 0 N–H and O–H groups in total. The molecule has 6 saturated heterocycles. The molecule has 6 aliphatic rings. The summed E-state index contributed by atoms with van der Waals surface area (Å²) < 4.78 is 106. The van der Waals surface area contributed by atoms with Gasteiger partial charge in [-0.3, -0.25) is 0 Å². The average molecular weight is 1830 g/mol. The van der Waals surface area contributed by atoms with Gasteiger partial charge in [-0.15, -0.1) is 0 Å². The van der Waals surface area contributed by atoms with E-state index in [-0.39, 0.29) is 0 Å². The standard InChI is InChI=1S/C112H72O12Si8/c1-9-25-89(26-10-1)41-49-97-57-73-105(74-58-97)125-113-126(106-75-59-98(60-76-106)50-42-90-27-11-2-12-28-90)116-129(109-81-65-101(66-82-109)53-45-93-33-17-5-18-34-93)118-127(114-125,107-77-61-99(62-78-107)51-43-91-29-13-3-14-30-91)120-131(111-85-69-103(70-86-111)55-47-95-37-21-7-22-38-95)121-128(115-125,108-79-63-100(64-80-108)52-44-92-31-15-4-16-32-92)119-130(117-126,110-83-67-102(68-84-110)54-46-94-35-19-6-20-36-94)123-132(122-129,124-131)112-87-71-104(72-88-112)56-48-96-39-23-8-24-40-96/h1-40,57-88H. The van der Waals surface area contributed by atoms with Crippen LogP contribution < -0.4 is 41.5 Å². The molecule has 624 valence electrons. The lowest BCUT2D eigenvalue weighted by molar-refractivity contribution is -0.00300. The number of hydrogen-bond acceptors (Lipinski definition) is 12. The SMILES string of the molecule is C(#Cc1ccc([Si]23O[Si]4(c5ccc(C#Cc6ccccc6)cc5)O[Si]5(c6ccc(C#Cc7ccccc7)cc6)O[Si](c6ccc(C#Cc7ccccc7)cc6)(O2)O[Si]2(c6ccc(C#Cc7ccccc7)cc6)O[Si](c6ccc(C#Cc7ccccc7)cc6)(O3)O[Si](c3ccc(C#Cc6ccccc6)cc3)(O4)O[Si](c3ccc(C#Cc4ccccc4)cc3)(O5)O2)cc1)c1ccccc1. The molecule has 0 aromatic heterocycles. The molecule has 16 aromatic rings. The second kappa shape index (κ2) is 36.7. The van der Waals surface area contributed by atoms with Gasteiger partial charge in [-0.1, -0.05) is 337 Å². The van der Waals surface area contributed by atoms with Gasteiger partial charge < -0.3 is 49.4 Å². The Morgan fingerprint density at radius 2 is 0.167 bits per heavy atom. The van der Waals surface area contributed by atoms with Crippen LogP contribution in [0.25, 0.3) is 0 Å². The Balaban J connectivity index is 0.897. The van der Waals surface area contributed by atoms with Gasteiger partial charge in [0.05, 0.1) is 0 Å². The Labute approximate surface area is 775 Å². The first-order valence-corrected chi connectivity index (χ1v) is 56.6. The first kappa shape index (κ1) is 84.1. The van der Waals surface area contributed by atoms with Gasteiger partial charge in [-0.2, -0.15) is 0 Å². The van der Waals surface area contributed by atoms with Crippen LogP contribution in [-0.2, 0) is 49.4 Å². The van der Waals surface area contributed by atoms with Crippen molar-refractivity contribution in [2.75, 3.05) is 0 Å². The molecule has 0 radical (unpaired) electrons. The van der Waals surface area contributed by atoms with Crippen molar-refractivity contribution in [1.29, 1.82) is 0 Å². The van der Waals surface area contributed by atoms with Crippen molar-refractivity contribution >= 4 is 112 Å². The Bertz CT molecular complexity index is 6090. The molecule has 8 bridgehead atoms. The van der Waals surface area contributed by atoms with Gasteiger partial charge in [0.1, 0.15) is 0 Å². The van der Waals surface area contributed by atoms with Crippen LogP contribution in [0.3, 0.4) is 0 Å². The zero-order valence-corrected chi connectivity index (χ0v) is 78.5. The normalized spacial score (nSPS) is 21.9. The Hall–Kier alpha value is -14.7. The van der Waals surface area contributed by atoms with E-state index < -0.39 is 70.4 Å². The van der Waals surface area contributed by atoms with Gasteiger partial charge in [0.25, 0.3) is 0 Å². The predicted octanol–water partition coefficient (Wildman–Crippen LogP) is 14.2. The summed E-state index contributed by atoms with van der Waals surface area (Å²) in [7, 11) is -43.6. The molecule has 0 atom stereocenters. The molecule has 0 unspecified atom stereocenters. The maximum atomic E-state index is 8.85. The second-order valence-electron chi connectivity index (χ2n) is 31.2. The maximum absolute atomic E-state index is 8.85. The Morgan fingerprint density at radius 1 is 0.0909 bits per heavy atom. The zero-order valence-electron chi connectivity index (χ0n) is 70.5. The summed E-state index contributed by atoms with van der Waals surface area (Å²) in [5, 5.41) is 3.03. The molecule has 0 aliphatic carbocycles. The topological polar surface area (TPSA) is 111 Å². The highest BCUT2D eigenvalue weighted by atomic mass is 28.6. The largest absolute Gasteiger partial charge is 0.515 e. The van der Waals surface area contributed by atoms with E-state index in [0.29, 0.717) is 86.0 Å². The van der Waals surface area contributed by atoms with Crippen molar-refractivity contribution in [2.45, 2.75) is 0 Å². The Morgan fingerprint density at radius 3 is 0.250 bits per heavy atom. The summed E-state index contributed by atoms with van der Waals surface area (Å²) in [4.78, 5) is 0. The van der Waals surface area contributed by atoms with Crippen LogP contribution in [0.4, 0.5) is 0 Å². The minimum absolute atomic E-state index is 0.378. The average Bonchev–Trinajstić information content (AvgIpc) is 0.663. The number of rotatable bonds is 8. The van der Waals surface area contributed by atoms with Crippen molar-refractivity contribution in [3.05, 3.63) is 526 Å². The van der Waals surface area contributed by atoms with Gasteiger partial charge in [0.15, 0.2) is 0 Å². The molecular weight excluding hydrogens is 1760 g/mol. The number of benzene rings is 16. The summed E-state index contributed by atoms with van der Waals surface area (Å²) in [6, 6.07) is 140. The molecule has 0 spiro atoms. The summed E-state index contributed by atoms with van der Waals surface area (Å²) in [6.07, 6.45) is 0. The van der Waals surface area contributed by atoms with Crippen LogP contribution in [-0.4, -0.2) is 70.4 Å². The van der Waals surface area contributed by atoms with E-state index in [0.717, 1.165) is 44.5 Å². The Kier molecular flexibility index (Phi) is 23.4. The molecule has 6 aliphatic heterocycles. The van der Waals surface area contributed by atoms with Crippen molar-refractivity contribution in [2.24, 2.45) is 0 Å². The highest BCUT2D eigenvalue weighted by Gasteiger charge is 2.86. The zero-order chi connectivity index (χ0) is 88.6. The number of hydrogen-bond donors (Lipinski definition) is 0. The lowest BCUT2D eigenvalue weighted by atomic mass is 10.2. The molecular formula is C112H72O12Si8. The highest BCUT2D eigenvalue weighted by Crippen LogP contribution is 2.49. The molecule has 0 saturated carbocycles. The fraction of sp³-hybridized carbons (Fsp3) is 0. The fourth-order valence-corrected chi connectivity index (χ4v) is 61.3. The van der Waals surface area contributed by atoms with Gasteiger partial charge in [-0.25, -0.2) is 0 Å². The van der Waals surface area contributed by atoms with E-state index in [2.05, 4.69) is 94.7 Å². The van der Waals surface area contributed by atoms with Crippen LogP contribution in [0, 0.1) is 94.7 Å². The van der Waals surface area contributed by atoms with Crippen molar-refractivity contribution < 1.29 is 49.4 Å². The molecule has 12 nitrogen and oxygen atoms in total. The maximum Gasteiger partial charge on any atom is 0.515 e. The summed E-state index contributed by atoms with van der Waals surface area (Å²) >= 11 is 0. The van der Waals surface area contributed by atoms with Crippen LogP contribution in [0.2, 0.25) is 0 Å². The van der Waals surface area contributed by atoms with Crippen LogP contribution in [0.15, 0.2) is 437 Å². The predicted molar refractivity (Wildman–Crippen MR) is 527 cm³/mol. The minimum Gasteiger partial charge on any atom is -0.366 e. The quantitative estimate of drug-likeness (QED) is 0.107. The lowest BCUT2D eigenvalue weighted by Gasteiger charge is -2.62. The smallest absolute Gasteiger partial charge is 0.366 e. The minimum atomic E-state index is -5.46. The van der Waals surface area contributed by atoms with Crippen LogP contribution >= 0.6 is 0 Å². The first-order chi connectivity index (χ1) is 64.9. The van der Waals surface area contributed by atoms with Gasteiger partial charge >= 0.3 is 70.4 Å². The van der Waals surface area contributed by atoms with Gasteiger partial charge in [0.2, 0.25) is 0 Å². The first-order valence-electron chi connectivity index (χ1n) is 42.8. The molecule has 16 aromatic carbocycles. The van der Waals surface area contributed by atoms with E-state index in [1.54, 1.807) is 0 Å². The molecule has 6 fully saturated rings.